The molecule has 132 valence electrons. The molecule has 0 bridgehead atoms. The van der Waals surface area contributed by atoms with E-state index in [2.05, 4.69) is 17.4 Å². The largest absolute Gasteiger partial charge is 0.493 e. The number of rotatable bonds is 7. The smallest absolute Gasteiger partial charge is 0.251 e. The highest BCUT2D eigenvalue weighted by Crippen LogP contribution is 2.13. The molecule has 3 aromatic rings. The summed E-state index contributed by atoms with van der Waals surface area (Å²) < 4.78 is 5.75. The molecule has 0 aromatic heterocycles. The van der Waals surface area contributed by atoms with Crippen molar-refractivity contribution in [3.63, 3.8) is 0 Å². The van der Waals surface area contributed by atoms with Gasteiger partial charge in [0.15, 0.2) is 0 Å². The fourth-order valence-corrected chi connectivity index (χ4v) is 2.62. The van der Waals surface area contributed by atoms with Gasteiger partial charge in [-0.25, -0.2) is 0 Å². The van der Waals surface area contributed by atoms with Crippen LogP contribution in [0.1, 0.15) is 27.0 Å². The van der Waals surface area contributed by atoms with Crippen LogP contribution in [0.4, 0.5) is 0 Å². The molecule has 3 nitrogen and oxygen atoms in total. The van der Waals surface area contributed by atoms with Crippen LogP contribution < -0.4 is 10.1 Å². The minimum atomic E-state index is -0.0820. The molecule has 1 amide bonds. The van der Waals surface area contributed by atoms with Crippen LogP contribution in [0.2, 0.25) is 0 Å². The minimum Gasteiger partial charge on any atom is -0.493 e. The van der Waals surface area contributed by atoms with Crippen molar-refractivity contribution in [3.05, 3.63) is 101 Å². The number of nitrogens with one attached hydrogen (secondary N) is 1. The van der Waals surface area contributed by atoms with E-state index in [4.69, 9.17) is 4.74 Å². The van der Waals surface area contributed by atoms with Crippen molar-refractivity contribution in [2.75, 3.05) is 6.61 Å². The summed E-state index contributed by atoms with van der Waals surface area (Å²) in [6.45, 7) is 3.18. The van der Waals surface area contributed by atoms with E-state index in [0.717, 1.165) is 17.7 Å². The SMILES string of the molecule is Cc1ccc(CNC(=O)c2ccc(OCCc3ccccc3)cc2)cc1. The zero-order valence-electron chi connectivity index (χ0n) is 14.9. The lowest BCUT2D eigenvalue weighted by Crippen LogP contribution is -2.22. The zero-order chi connectivity index (χ0) is 18.2. The summed E-state index contributed by atoms with van der Waals surface area (Å²) in [5.41, 5.74) is 4.18. The maximum Gasteiger partial charge on any atom is 0.251 e. The Hall–Kier alpha value is -3.07. The van der Waals surface area contributed by atoms with Gasteiger partial charge in [0, 0.05) is 18.5 Å². The van der Waals surface area contributed by atoms with E-state index in [1.165, 1.54) is 11.1 Å². The second-order valence-electron chi connectivity index (χ2n) is 6.28. The van der Waals surface area contributed by atoms with Gasteiger partial charge < -0.3 is 10.1 Å². The van der Waals surface area contributed by atoms with Gasteiger partial charge in [-0.1, -0.05) is 60.2 Å². The van der Waals surface area contributed by atoms with Gasteiger partial charge in [-0.3, -0.25) is 4.79 Å². The number of aryl methyl sites for hydroxylation is 1. The summed E-state index contributed by atoms with van der Waals surface area (Å²) >= 11 is 0. The highest BCUT2D eigenvalue weighted by Gasteiger charge is 2.05. The lowest BCUT2D eigenvalue weighted by molar-refractivity contribution is 0.0951. The molecule has 0 atom stereocenters. The van der Waals surface area contributed by atoms with Crippen molar-refractivity contribution in [1.29, 1.82) is 0 Å². The van der Waals surface area contributed by atoms with Crippen LogP contribution >= 0.6 is 0 Å². The lowest BCUT2D eigenvalue weighted by atomic mass is 10.1. The number of ether oxygens (including phenoxy) is 1. The lowest BCUT2D eigenvalue weighted by Gasteiger charge is -2.08. The molecule has 0 saturated carbocycles. The normalized spacial score (nSPS) is 10.3. The first kappa shape index (κ1) is 17.7. The molecule has 3 heteroatoms. The topological polar surface area (TPSA) is 38.3 Å². The van der Waals surface area contributed by atoms with E-state index in [1.807, 2.05) is 61.5 Å². The maximum atomic E-state index is 12.2. The fourth-order valence-electron chi connectivity index (χ4n) is 2.62. The Labute approximate surface area is 154 Å². The summed E-state index contributed by atoms with van der Waals surface area (Å²) in [7, 11) is 0. The van der Waals surface area contributed by atoms with Gasteiger partial charge in [0.2, 0.25) is 0 Å². The zero-order valence-corrected chi connectivity index (χ0v) is 14.9. The van der Waals surface area contributed by atoms with E-state index in [0.29, 0.717) is 18.7 Å². The average Bonchev–Trinajstić information content (AvgIpc) is 2.69. The van der Waals surface area contributed by atoms with Crippen molar-refractivity contribution < 1.29 is 9.53 Å². The number of benzene rings is 3. The fraction of sp³-hybridized carbons (Fsp3) is 0.174. The van der Waals surface area contributed by atoms with Gasteiger partial charge in [-0.15, -0.1) is 0 Å². The van der Waals surface area contributed by atoms with Crippen LogP contribution in [-0.2, 0) is 13.0 Å². The molecule has 3 aromatic carbocycles. The first-order chi connectivity index (χ1) is 12.7. The van der Waals surface area contributed by atoms with Gasteiger partial charge in [0.05, 0.1) is 6.61 Å². The molecule has 0 unspecified atom stereocenters. The number of carbonyl (C=O) groups is 1. The highest BCUT2D eigenvalue weighted by molar-refractivity contribution is 5.94. The quantitative estimate of drug-likeness (QED) is 0.682. The van der Waals surface area contributed by atoms with Crippen molar-refractivity contribution in [2.24, 2.45) is 0 Å². The number of hydrogen-bond donors (Lipinski definition) is 1. The van der Waals surface area contributed by atoms with E-state index < -0.39 is 0 Å². The van der Waals surface area contributed by atoms with Crippen LogP contribution in [0.15, 0.2) is 78.9 Å². The Kier molecular flexibility index (Phi) is 6.05. The molecule has 1 N–H and O–H groups in total. The molecule has 0 radical (unpaired) electrons. The Morgan fingerprint density at radius 2 is 1.54 bits per heavy atom. The molecule has 0 aliphatic heterocycles. The monoisotopic (exact) mass is 345 g/mol. The highest BCUT2D eigenvalue weighted by atomic mass is 16.5. The third-order valence-corrected chi connectivity index (χ3v) is 4.19. The molecule has 0 saturated heterocycles. The van der Waals surface area contributed by atoms with Crippen LogP contribution in [0.5, 0.6) is 5.75 Å². The van der Waals surface area contributed by atoms with E-state index in [-0.39, 0.29) is 5.91 Å². The average molecular weight is 345 g/mol. The van der Waals surface area contributed by atoms with E-state index >= 15 is 0 Å². The second-order valence-corrected chi connectivity index (χ2v) is 6.28. The van der Waals surface area contributed by atoms with Gasteiger partial charge in [-0.05, 0) is 42.3 Å². The Balaban J connectivity index is 1.47. The molecular weight excluding hydrogens is 322 g/mol. The second kappa shape index (κ2) is 8.86. The summed E-state index contributed by atoms with van der Waals surface area (Å²) in [5.74, 6) is 0.692. The first-order valence-electron chi connectivity index (χ1n) is 8.81. The van der Waals surface area contributed by atoms with Crippen molar-refractivity contribution in [3.8, 4) is 5.75 Å². The van der Waals surface area contributed by atoms with Gasteiger partial charge >= 0.3 is 0 Å². The molecular formula is C23H23NO2. The Morgan fingerprint density at radius 1 is 0.846 bits per heavy atom. The number of carbonyl (C=O) groups excluding carboxylic acids is 1. The minimum absolute atomic E-state index is 0.0820. The molecule has 0 heterocycles. The predicted molar refractivity (Wildman–Crippen MR) is 104 cm³/mol. The van der Waals surface area contributed by atoms with E-state index in [1.54, 1.807) is 12.1 Å². The van der Waals surface area contributed by atoms with Gasteiger partial charge in [0.1, 0.15) is 5.75 Å². The maximum absolute atomic E-state index is 12.2. The number of amides is 1. The van der Waals surface area contributed by atoms with E-state index in [9.17, 15) is 4.79 Å². The van der Waals surface area contributed by atoms with Crippen LogP contribution in [0.3, 0.4) is 0 Å². The predicted octanol–water partition coefficient (Wildman–Crippen LogP) is 4.55. The third kappa shape index (κ3) is 5.21. The first-order valence-corrected chi connectivity index (χ1v) is 8.81. The molecule has 0 aliphatic rings. The van der Waals surface area contributed by atoms with Gasteiger partial charge in [0.25, 0.3) is 5.91 Å². The van der Waals surface area contributed by atoms with Crippen LogP contribution in [0, 0.1) is 6.92 Å². The molecule has 0 aliphatic carbocycles. The van der Waals surface area contributed by atoms with Crippen molar-refractivity contribution in [1.82, 2.24) is 5.32 Å². The van der Waals surface area contributed by atoms with Crippen molar-refractivity contribution in [2.45, 2.75) is 19.9 Å². The summed E-state index contributed by atoms with van der Waals surface area (Å²) in [6, 6.07) is 25.6. The Bertz CT molecular complexity index is 824. The van der Waals surface area contributed by atoms with Crippen LogP contribution in [-0.4, -0.2) is 12.5 Å². The Morgan fingerprint density at radius 3 is 2.23 bits per heavy atom. The number of hydrogen-bond acceptors (Lipinski definition) is 2. The molecule has 0 spiro atoms. The molecule has 3 rings (SSSR count). The molecule has 26 heavy (non-hydrogen) atoms. The standard InChI is InChI=1S/C23H23NO2/c1-18-7-9-20(10-8-18)17-24-23(25)21-11-13-22(14-12-21)26-16-15-19-5-3-2-4-6-19/h2-14H,15-17H2,1H3,(H,24,25). The summed E-state index contributed by atoms with van der Waals surface area (Å²) in [6.07, 6.45) is 0.861. The molecule has 0 fully saturated rings. The van der Waals surface area contributed by atoms with Crippen molar-refractivity contribution >= 4 is 5.91 Å². The van der Waals surface area contributed by atoms with Crippen LogP contribution in [0.25, 0.3) is 0 Å². The summed E-state index contributed by atoms with van der Waals surface area (Å²) in [5, 5.41) is 2.94. The van der Waals surface area contributed by atoms with Gasteiger partial charge in [-0.2, -0.15) is 0 Å². The summed E-state index contributed by atoms with van der Waals surface area (Å²) in [4.78, 5) is 12.2. The third-order valence-electron chi connectivity index (χ3n) is 4.19.